The molecule has 106 valence electrons. The van der Waals surface area contributed by atoms with Crippen molar-refractivity contribution < 1.29 is 9.13 Å². The third kappa shape index (κ3) is 2.92. The van der Waals surface area contributed by atoms with E-state index < -0.39 is 5.82 Å². The zero-order valence-electron chi connectivity index (χ0n) is 11.4. The number of nitrogens with one attached hydrogen (secondary N) is 1. The molecule has 0 radical (unpaired) electrons. The number of aromatic nitrogens is 2. The van der Waals surface area contributed by atoms with E-state index in [1.165, 1.54) is 12.1 Å². The van der Waals surface area contributed by atoms with Gasteiger partial charge >= 0.3 is 0 Å². The molecule has 0 amide bonds. The molecule has 1 aromatic heterocycles. The standard InChI is InChI=1S/C15H13FN4O/c1-18-13-7-14(20-15(19-13)9-2-3-9)21-11-5-4-10(8-17)12(16)6-11/h4-7,9H,2-3H2,1H3,(H,18,19,20). The Hall–Kier alpha value is -2.68. The molecular weight excluding hydrogens is 271 g/mol. The van der Waals surface area contributed by atoms with Crippen LogP contribution < -0.4 is 10.1 Å². The second kappa shape index (κ2) is 5.37. The Balaban J connectivity index is 1.88. The molecule has 5 nitrogen and oxygen atoms in total. The maximum Gasteiger partial charge on any atom is 0.224 e. The maximum absolute atomic E-state index is 13.6. The summed E-state index contributed by atoms with van der Waals surface area (Å²) in [5.41, 5.74) is -0.0142. The van der Waals surface area contributed by atoms with Crippen LogP contribution in [0.5, 0.6) is 11.6 Å². The number of nitrogens with zero attached hydrogens (tertiary/aromatic N) is 3. The molecule has 0 saturated heterocycles. The highest BCUT2D eigenvalue weighted by molar-refractivity contribution is 5.42. The topological polar surface area (TPSA) is 70.8 Å². The van der Waals surface area contributed by atoms with E-state index in [4.69, 9.17) is 10.00 Å². The number of ether oxygens (including phenoxy) is 1. The quantitative estimate of drug-likeness (QED) is 0.933. The minimum Gasteiger partial charge on any atom is -0.439 e. The predicted octanol–water partition coefficient (Wildman–Crippen LogP) is 3.20. The SMILES string of the molecule is CNc1cc(Oc2ccc(C#N)c(F)c2)nc(C2CC2)n1. The molecular formula is C15H13FN4O. The summed E-state index contributed by atoms with van der Waals surface area (Å²) in [6.07, 6.45) is 2.16. The lowest BCUT2D eigenvalue weighted by Crippen LogP contribution is -2.01. The summed E-state index contributed by atoms with van der Waals surface area (Å²) in [7, 11) is 1.77. The lowest BCUT2D eigenvalue weighted by Gasteiger charge is -2.09. The zero-order valence-corrected chi connectivity index (χ0v) is 11.4. The Kier molecular flexibility index (Phi) is 3.40. The Morgan fingerprint density at radius 3 is 2.76 bits per heavy atom. The van der Waals surface area contributed by atoms with Gasteiger partial charge < -0.3 is 10.1 Å². The van der Waals surface area contributed by atoms with E-state index in [1.807, 2.05) is 0 Å². The van der Waals surface area contributed by atoms with E-state index in [-0.39, 0.29) is 5.56 Å². The number of anilines is 1. The first kappa shape index (κ1) is 13.3. The van der Waals surface area contributed by atoms with Gasteiger partial charge in [-0.25, -0.2) is 9.37 Å². The van der Waals surface area contributed by atoms with E-state index in [0.717, 1.165) is 18.7 Å². The molecule has 1 aromatic carbocycles. The van der Waals surface area contributed by atoms with Crippen molar-refractivity contribution in [1.82, 2.24) is 9.97 Å². The largest absolute Gasteiger partial charge is 0.439 e. The molecule has 0 unspecified atom stereocenters. The monoisotopic (exact) mass is 284 g/mol. The van der Waals surface area contributed by atoms with Gasteiger partial charge in [0.15, 0.2) is 0 Å². The Labute approximate surface area is 121 Å². The van der Waals surface area contributed by atoms with E-state index in [1.54, 1.807) is 25.2 Å². The number of hydrogen-bond acceptors (Lipinski definition) is 5. The van der Waals surface area contributed by atoms with Crippen molar-refractivity contribution in [2.45, 2.75) is 18.8 Å². The van der Waals surface area contributed by atoms with Crippen LogP contribution in [0.25, 0.3) is 0 Å². The molecule has 1 aliphatic carbocycles. The first-order valence-electron chi connectivity index (χ1n) is 6.64. The molecule has 1 aliphatic rings. The van der Waals surface area contributed by atoms with Gasteiger partial charge in [-0.2, -0.15) is 10.2 Å². The molecule has 2 aromatic rings. The highest BCUT2D eigenvalue weighted by Gasteiger charge is 2.27. The van der Waals surface area contributed by atoms with E-state index in [9.17, 15) is 4.39 Å². The van der Waals surface area contributed by atoms with E-state index >= 15 is 0 Å². The van der Waals surface area contributed by atoms with Crippen LogP contribution in [-0.4, -0.2) is 17.0 Å². The first-order chi connectivity index (χ1) is 10.2. The number of benzene rings is 1. The van der Waals surface area contributed by atoms with Gasteiger partial charge in [0, 0.05) is 25.1 Å². The summed E-state index contributed by atoms with van der Waals surface area (Å²) >= 11 is 0. The summed E-state index contributed by atoms with van der Waals surface area (Å²) in [5.74, 6) is 1.84. The summed E-state index contributed by atoms with van der Waals surface area (Å²) in [4.78, 5) is 8.73. The average Bonchev–Trinajstić information content (AvgIpc) is 3.32. The van der Waals surface area contributed by atoms with E-state index in [2.05, 4.69) is 15.3 Å². The number of nitriles is 1. The minimum absolute atomic E-state index is 0.0142. The molecule has 3 rings (SSSR count). The summed E-state index contributed by atoms with van der Waals surface area (Å²) in [5, 5.41) is 11.7. The molecule has 1 N–H and O–H groups in total. The molecule has 1 saturated carbocycles. The number of halogens is 1. The first-order valence-corrected chi connectivity index (χ1v) is 6.64. The van der Waals surface area contributed by atoms with Crippen LogP contribution >= 0.6 is 0 Å². The van der Waals surface area contributed by atoms with Crippen molar-refractivity contribution in [3.8, 4) is 17.7 Å². The average molecular weight is 284 g/mol. The molecule has 21 heavy (non-hydrogen) atoms. The van der Waals surface area contributed by atoms with Gasteiger partial charge in [0.1, 0.15) is 29.3 Å². The van der Waals surface area contributed by atoms with Gasteiger partial charge in [-0.15, -0.1) is 0 Å². The zero-order chi connectivity index (χ0) is 14.8. The molecule has 6 heteroatoms. The fourth-order valence-electron chi connectivity index (χ4n) is 1.92. The molecule has 1 heterocycles. The molecule has 1 fully saturated rings. The van der Waals surface area contributed by atoms with Crippen molar-refractivity contribution >= 4 is 5.82 Å². The molecule has 0 aliphatic heterocycles. The minimum atomic E-state index is -0.611. The predicted molar refractivity (Wildman–Crippen MR) is 74.7 cm³/mol. The van der Waals surface area contributed by atoms with Crippen LogP contribution in [0.1, 0.15) is 30.1 Å². The van der Waals surface area contributed by atoms with Crippen LogP contribution in [-0.2, 0) is 0 Å². The number of hydrogen-bond donors (Lipinski definition) is 1. The van der Waals surface area contributed by atoms with Crippen LogP contribution in [0.4, 0.5) is 10.2 Å². The molecule has 0 bridgehead atoms. The third-order valence-corrected chi connectivity index (χ3v) is 3.20. The summed E-state index contributed by atoms with van der Waals surface area (Å²) in [6.45, 7) is 0. The van der Waals surface area contributed by atoms with Gasteiger partial charge in [0.05, 0.1) is 5.56 Å². The van der Waals surface area contributed by atoms with Crippen molar-refractivity contribution in [3.63, 3.8) is 0 Å². The van der Waals surface area contributed by atoms with Gasteiger partial charge in [0.25, 0.3) is 0 Å². The normalized spacial score (nSPS) is 13.6. The molecule has 0 atom stereocenters. The van der Waals surface area contributed by atoms with Gasteiger partial charge in [-0.3, -0.25) is 0 Å². The lowest BCUT2D eigenvalue weighted by molar-refractivity contribution is 0.454. The van der Waals surface area contributed by atoms with Crippen LogP contribution in [0, 0.1) is 17.1 Å². The maximum atomic E-state index is 13.6. The second-order valence-electron chi connectivity index (χ2n) is 4.83. The van der Waals surface area contributed by atoms with Crippen LogP contribution in [0.3, 0.4) is 0 Å². The second-order valence-corrected chi connectivity index (χ2v) is 4.83. The van der Waals surface area contributed by atoms with Gasteiger partial charge in [-0.05, 0) is 25.0 Å². The van der Waals surface area contributed by atoms with Gasteiger partial charge in [-0.1, -0.05) is 0 Å². The van der Waals surface area contributed by atoms with Crippen molar-refractivity contribution in [1.29, 1.82) is 5.26 Å². The Morgan fingerprint density at radius 2 is 2.14 bits per heavy atom. The Morgan fingerprint density at radius 1 is 1.33 bits per heavy atom. The number of rotatable bonds is 4. The summed E-state index contributed by atoms with van der Waals surface area (Å²) < 4.78 is 19.1. The van der Waals surface area contributed by atoms with Crippen molar-refractivity contribution in [2.24, 2.45) is 0 Å². The van der Waals surface area contributed by atoms with E-state index in [0.29, 0.717) is 23.4 Å². The lowest BCUT2D eigenvalue weighted by atomic mass is 10.2. The van der Waals surface area contributed by atoms with Gasteiger partial charge in [0.2, 0.25) is 5.88 Å². The van der Waals surface area contributed by atoms with Crippen LogP contribution in [0.15, 0.2) is 24.3 Å². The smallest absolute Gasteiger partial charge is 0.224 e. The van der Waals surface area contributed by atoms with Crippen LogP contribution in [0.2, 0.25) is 0 Å². The fraction of sp³-hybridized carbons (Fsp3) is 0.267. The molecule has 0 spiro atoms. The third-order valence-electron chi connectivity index (χ3n) is 3.20. The Bertz CT molecular complexity index is 722. The summed E-state index contributed by atoms with van der Waals surface area (Å²) in [6, 6.07) is 7.53. The highest BCUT2D eigenvalue weighted by atomic mass is 19.1. The van der Waals surface area contributed by atoms with Crippen molar-refractivity contribution in [3.05, 3.63) is 41.5 Å². The fourth-order valence-corrected chi connectivity index (χ4v) is 1.92. The van der Waals surface area contributed by atoms with Crippen molar-refractivity contribution in [2.75, 3.05) is 12.4 Å². The highest BCUT2D eigenvalue weighted by Crippen LogP contribution is 2.39.